The molecule has 0 amide bonds. The van der Waals surface area contributed by atoms with Crippen molar-refractivity contribution in [1.82, 2.24) is 0 Å². The Kier molecular flexibility index (Phi) is 15.7. The second-order valence-corrected chi connectivity index (χ2v) is 20.9. The molecule has 0 fully saturated rings. The van der Waals surface area contributed by atoms with E-state index in [9.17, 15) is 9.59 Å². The van der Waals surface area contributed by atoms with E-state index in [0.717, 1.165) is 0 Å². The first-order valence-corrected chi connectivity index (χ1v) is 14.9. The molecule has 0 heterocycles. The zero-order valence-electron chi connectivity index (χ0n) is 14.7. The minimum atomic E-state index is -0.879. The van der Waals surface area contributed by atoms with Crippen molar-refractivity contribution in [2.45, 2.75) is 24.2 Å². The summed E-state index contributed by atoms with van der Waals surface area (Å²) < 4.78 is 6.74. The summed E-state index contributed by atoms with van der Waals surface area (Å²) in [6.45, 7) is 2.24. The van der Waals surface area contributed by atoms with Gasteiger partial charge in [-0.25, -0.2) is 9.59 Å². The van der Waals surface area contributed by atoms with Crippen molar-refractivity contribution < 1.29 is 21.2 Å². The van der Waals surface area contributed by atoms with Crippen LogP contribution in [0.2, 0.25) is 4.44 Å². The zero-order chi connectivity index (χ0) is 18.9. The fourth-order valence-electron chi connectivity index (χ4n) is 1.66. The minimum absolute atomic E-state index is 0.331. The third-order valence-corrected chi connectivity index (χ3v) is 14.2. The van der Waals surface area contributed by atoms with E-state index in [0.29, 0.717) is 34.1 Å². The Labute approximate surface area is 172 Å². The summed E-state index contributed by atoms with van der Waals surface area (Å²) in [5.74, 6) is -1.76. The van der Waals surface area contributed by atoms with Gasteiger partial charge in [0, 0.05) is 0 Å². The standard InChI is InChI=1S/2C7H6O2.C4H9.O.2Sn.5H/c2*8-7(9)6-4-2-1-3-5-6;1-3-4-2;;;;;;;;/h2*1-5H,(H,8,9);1,3-4H2,2H3;;;;;;;;. The quantitative estimate of drug-likeness (QED) is 0.420. The zero-order valence-corrected chi connectivity index (χ0v) is 24.5. The van der Waals surface area contributed by atoms with Crippen LogP contribution >= 0.6 is 0 Å². The summed E-state index contributed by atoms with van der Waals surface area (Å²) in [6.07, 6.45) is 2.78. The second kappa shape index (κ2) is 16.4. The molecule has 136 valence electrons. The van der Waals surface area contributed by atoms with Gasteiger partial charge in [-0.05, 0) is 24.3 Å². The van der Waals surface area contributed by atoms with E-state index in [2.05, 4.69) is 6.92 Å². The van der Waals surface area contributed by atoms with Crippen molar-refractivity contribution in [3.63, 3.8) is 0 Å². The Bertz CT molecular complexity index is 537. The fraction of sp³-hybridized carbons (Fsp3) is 0.222. The van der Waals surface area contributed by atoms with Crippen LogP contribution in [0.1, 0.15) is 40.5 Å². The Morgan fingerprint density at radius 2 is 1.32 bits per heavy atom. The van der Waals surface area contributed by atoms with Crippen LogP contribution in [0.3, 0.4) is 0 Å². The first-order chi connectivity index (χ1) is 12.0. The molecule has 0 unspecified atom stereocenters. The van der Waals surface area contributed by atoms with Crippen LogP contribution in [-0.2, 0) is 1.41 Å². The Morgan fingerprint density at radius 1 is 0.920 bits per heavy atom. The van der Waals surface area contributed by atoms with Crippen LogP contribution in [0, 0.1) is 0 Å². The van der Waals surface area contributed by atoms with Gasteiger partial charge in [-0.2, -0.15) is 0 Å². The molecule has 2 aromatic rings. The van der Waals surface area contributed by atoms with Gasteiger partial charge < -0.3 is 10.2 Å². The van der Waals surface area contributed by atoms with Crippen LogP contribution in [0.25, 0.3) is 0 Å². The topological polar surface area (TPSA) is 83.8 Å². The third kappa shape index (κ3) is 13.9. The molecule has 0 atom stereocenters. The number of benzene rings is 2. The largest absolute Gasteiger partial charge is 0.478 e. The molecular formula is C18H26O5Sn2. The molecule has 5 nitrogen and oxygen atoms in total. The number of carboxylic acid groups (broad SMARTS) is 2. The van der Waals surface area contributed by atoms with E-state index in [1.54, 1.807) is 60.7 Å². The average molecular weight is 560 g/mol. The van der Waals surface area contributed by atoms with Gasteiger partial charge in [0.2, 0.25) is 0 Å². The van der Waals surface area contributed by atoms with E-state index < -0.39 is 33.5 Å². The molecule has 0 saturated carbocycles. The predicted octanol–water partition coefficient (Wildman–Crippen LogP) is 2.36. The molecule has 25 heavy (non-hydrogen) atoms. The van der Waals surface area contributed by atoms with Gasteiger partial charge in [-0.3, -0.25) is 0 Å². The maximum absolute atomic E-state index is 10.2. The Hall–Kier alpha value is -1.06. The van der Waals surface area contributed by atoms with E-state index in [-0.39, 0.29) is 0 Å². The Morgan fingerprint density at radius 3 is 1.56 bits per heavy atom. The molecule has 2 aromatic carbocycles. The molecule has 2 N–H and O–H groups in total. The van der Waals surface area contributed by atoms with Gasteiger partial charge in [0.25, 0.3) is 0 Å². The van der Waals surface area contributed by atoms with Crippen molar-refractivity contribution in [1.29, 1.82) is 0 Å². The first kappa shape index (κ1) is 23.9. The van der Waals surface area contributed by atoms with Crippen molar-refractivity contribution in [2.24, 2.45) is 0 Å². The predicted molar refractivity (Wildman–Crippen MR) is 106 cm³/mol. The minimum Gasteiger partial charge on any atom is -0.478 e. The number of hydrogen-bond donors (Lipinski definition) is 2. The second-order valence-electron chi connectivity index (χ2n) is 5.04. The van der Waals surface area contributed by atoms with Crippen molar-refractivity contribution in [3.8, 4) is 0 Å². The van der Waals surface area contributed by atoms with E-state index in [4.69, 9.17) is 11.6 Å². The number of aromatic carboxylic acids is 2. The molecule has 0 aliphatic heterocycles. The average Bonchev–Trinajstić information content (AvgIpc) is 2.65. The van der Waals surface area contributed by atoms with Crippen LogP contribution in [-0.4, -0.2) is 66.6 Å². The fourth-order valence-corrected chi connectivity index (χ4v) is 10.0. The van der Waals surface area contributed by atoms with Gasteiger partial charge in [0.1, 0.15) is 0 Å². The Balaban J connectivity index is 0.000000350. The maximum Gasteiger partial charge on any atom is 0.335 e. The smallest absolute Gasteiger partial charge is 0.335 e. The summed E-state index contributed by atoms with van der Waals surface area (Å²) in [5.41, 5.74) is 0.662. The monoisotopic (exact) mass is 562 g/mol. The molecule has 7 heteroatoms. The number of rotatable bonds is 6. The van der Waals surface area contributed by atoms with Crippen molar-refractivity contribution >= 4 is 56.4 Å². The van der Waals surface area contributed by atoms with Crippen LogP contribution in [0.4, 0.5) is 0 Å². The van der Waals surface area contributed by atoms with Crippen LogP contribution in [0.5, 0.6) is 0 Å². The number of unbranched alkanes of at least 4 members (excludes halogenated alkanes) is 1. The molecule has 0 aliphatic carbocycles. The summed E-state index contributed by atoms with van der Waals surface area (Å²) in [5, 5.41) is 16.8. The van der Waals surface area contributed by atoms with Gasteiger partial charge in [0.05, 0.1) is 11.1 Å². The van der Waals surface area contributed by atoms with E-state index in [1.807, 2.05) is 0 Å². The molecule has 0 aliphatic rings. The molecule has 0 saturated heterocycles. The molecule has 0 aromatic heterocycles. The number of hydrogen-bond acceptors (Lipinski definition) is 3. The third-order valence-electron chi connectivity index (χ3n) is 2.99. The van der Waals surface area contributed by atoms with Gasteiger partial charge in [0.15, 0.2) is 0 Å². The van der Waals surface area contributed by atoms with E-state index in [1.165, 1.54) is 17.3 Å². The molecule has 0 bridgehead atoms. The summed E-state index contributed by atoms with van der Waals surface area (Å²) in [7, 11) is 0. The van der Waals surface area contributed by atoms with E-state index >= 15 is 0 Å². The van der Waals surface area contributed by atoms with Crippen molar-refractivity contribution in [3.05, 3.63) is 71.8 Å². The maximum atomic E-state index is 10.2. The first-order valence-electron chi connectivity index (χ1n) is 8.08. The van der Waals surface area contributed by atoms with Gasteiger partial charge in [-0.1, -0.05) is 36.4 Å². The molecule has 0 radical (unpaired) electrons. The number of carboxylic acids is 2. The van der Waals surface area contributed by atoms with Gasteiger partial charge in [-0.15, -0.1) is 0 Å². The summed E-state index contributed by atoms with van der Waals surface area (Å²) in [6, 6.07) is 16.6. The SMILES string of the molecule is CCC[CH2][SnH2][O][SnH3].O=C(O)c1ccccc1.O=C(O)c1ccccc1. The molecule has 0 spiro atoms. The van der Waals surface area contributed by atoms with Crippen LogP contribution in [0.15, 0.2) is 60.7 Å². The molecular weight excluding hydrogens is 534 g/mol. The summed E-state index contributed by atoms with van der Waals surface area (Å²) in [4.78, 5) is 20.4. The normalized spacial score (nSPS) is 9.64. The van der Waals surface area contributed by atoms with Gasteiger partial charge >= 0.3 is 82.0 Å². The number of carbonyl (C=O) groups is 2. The van der Waals surface area contributed by atoms with Crippen LogP contribution < -0.4 is 0 Å². The summed E-state index contributed by atoms with van der Waals surface area (Å²) >= 11 is 0.0541. The van der Waals surface area contributed by atoms with Crippen molar-refractivity contribution in [2.75, 3.05) is 0 Å². The molecule has 2 rings (SSSR count).